The van der Waals surface area contributed by atoms with Crippen LogP contribution in [0.4, 0.5) is 10.5 Å². The Morgan fingerprint density at radius 1 is 1.36 bits per heavy atom. The molecule has 1 unspecified atom stereocenters. The van der Waals surface area contributed by atoms with Crippen molar-refractivity contribution >= 4 is 22.7 Å². The van der Waals surface area contributed by atoms with E-state index in [1.165, 1.54) is 4.57 Å². The molecule has 22 heavy (non-hydrogen) atoms. The molecule has 0 aliphatic rings. The summed E-state index contributed by atoms with van der Waals surface area (Å²) < 4.78 is 6.83. The van der Waals surface area contributed by atoms with Crippen molar-refractivity contribution in [3.63, 3.8) is 0 Å². The van der Waals surface area contributed by atoms with Crippen LogP contribution in [0.15, 0.2) is 30.5 Å². The van der Waals surface area contributed by atoms with Crippen LogP contribution in [0.3, 0.4) is 0 Å². The molecule has 0 saturated carbocycles. The minimum absolute atomic E-state index is 0.229. The van der Waals surface area contributed by atoms with E-state index in [0.29, 0.717) is 0 Å². The highest BCUT2D eigenvalue weighted by atomic mass is 16.6. The smallest absolute Gasteiger partial charge is 0.418 e. The molecule has 120 valence electrons. The van der Waals surface area contributed by atoms with E-state index in [0.717, 1.165) is 16.6 Å². The second-order valence-corrected chi connectivity index (χ2v) is 6.12. The van der Waals surface area contributed by atoms with Crippen LogP contribution in [0, 0.1) is 0 Å². The third kappa shape index (κ3) is 3.78. The first-order valence-electron chi connectivity index (χ1n) is 7.18. The Bertz CT molecular complexity index is 658. The van der Waals surface area contributed by atoms with Crippen molar-refractivity contribution in [2.45, 2.75) is 32.5 Å². The molecule has 2 aromatic rings. The number of nitrogens with zero attached hydrogens (tertiary/aromatic N) is 1. The lowest BCUT2D eigenvalue weighted by Crippen LogP contribution is -2.26. The molecule has 0 aliphatic carbocycles. The second kappa shape index (κ2) is 6.37. The lowest BCUT2D eigenvalue weighted by molar-refractivity contribution is 0.0544. The number of aliphatic hydroxyl groups excluding tert-OH is 2. The minimum atomic E-state index is -0.830. The highest BCUT2D eigenvalue weighted by Gasteiger charge is 2.19. The van der Waals surface area contributed by atoms with E-state index in [1.54, 1.807) is 6.20 Å². The first kappa shape index (κ1) is 16.3. The van der Waals surface area contributed by atoms with Gasteiger partial charge in [-0.2, -0.15) is 0 Å². The number of aliphatic hydroxyl groups is 2. The van der Waals surface area contributed by atoms with Gasteiger partial charge < -0.3 is 20.3 Å². The summed E-state index contributed by atoms with van der Waals surface area (Å²) in [6.07, 6.45) is 0.394. The Kier molecular flexibility index (Phi) is 4.73. The van der Waals surface area contributed by atoms with Crippen molar-refractivity contribution in [2.75, 3.05) is 18.5 Å². The first-order chi connectivity index (χ1) is 10.3. The van der Waals surface area contributed by atoms with E-state index in [4.69, 9.17) is 9.84 Å². The van der Waals surface area contributed by atoms with Gasteiger partial charge in [-0.25, -0.2) is 4.79 Å². The Labute approximate surface area is 129 Å². The molecule has 0 spiro atoms. The second-order valence-electron chi connectivity index (χ2n) is 6.12. The summed E-state index contributed by atoms with van der Waals surface area (Å²) in [7, 11) is 0. The molecule has 1 heterocycles. The van der Waals surface area contributed by atoms with Gasteiger partial charge in [-0.15, -0.1) is 0 Å². The van der Waals surface area contributed by atoms with Crippen LogP contribution in [0.2, 0.25) is 0 Å². The van der Waals surface area contributed by atoms with Gasteiger partial charge in [-0.05, 0) is 39.0 Å². The van der Waals surface area contributed by atoms with E-state index in [-0.39, 0.29) is 13.2 Å². The van der Waals surface area contributed by atoms with Crippen LogP contribution in [0.5, 0.6) is 0 Å². The van der Waals surface area contributed by atoms with Crippen LogP contribution in [0.1, 0.15) is 20.8 Å². The molecule has 6 heteroatoms. The summed E-state index contributed by atoms with van der Waals surface area (Å²) >= 11 is 0. The Morgan fingerprint density at radius 2 is 2.09 bits per heavy atom. The number of carbonyl (C=O) groups excluding carboxylic acids is 1. The number of aromatic nitrogens is 1. The quantitative estimate of drug-likeness (QED) is 0.806. The predicted octanol–water partition coefficient (Wildman–Crippen LogP) is 2.19. The first-order valence-corrected chi connectivity index (χ1v) is 7.18. The molecule has 0 saturated heterocycles. The van der Waals surface area contributed by atoms with Gasteiger partial charge in [0.1, 0.15) is 5.60 Å². The largest absolute Gasteiger partial charge is 0.443 e. The van der Waals surface area contributed by atoms with Gasteiger partial charge in [-0.3, -0.25) is 4.57 Å². The minimum Gasteiger partial charge on any atom is -0.443 e. The van der Waals surface area contributed by atoms with E-state index in [2.05, 4.69) is 5.32 Å². The van der Waals surface area contributed by atoms with Crippen molar-refractivity contribution in [1.82, 2.24) is 4.57 Å². The van der Waals surface area contributed by atoms with E-state index < -0.39 is 17.8 Å². The molecule has 2 rings (SSSR count). The number of nitrogens with one attached hydrogen (secondary N) is 1. The lowest BCUT2D eigenvalue weighted by atomic mass is 10.2. The zero-order valence-electron chi connectivity index (χ0n) is 13.0. The number of benzene rings is 1. The number of anilines is 1. The Balaban J connectivity index is 2.27. The maximum absolute atomic E-state index is 12.2. The van der Waals surface area contributed by atoms with Gasteiger partial charge in [0.05, 0.1) is 18.2 Å². The van der Waals surface area contributed by atoms with Crippen LogP contribution >= 0.6 is 0 Å². The summed E-state index contributed by atoms with van der Waals surface area (Å²) in [5.41, 5.74) is 0.944. The van der Waals surface area contributed by atoms with Gasteiger partial charge in [-0.1, -0.05) is 6.07 Å². The van der Waals surface area contributed by atoms with Gasteiger partial charge in [0.2, 0.25) is 0 Å². The predicted molar refractivity (Wildman–Crippen MR) is 85.2 cm³/mol. The zero-order valence-corrected chi connectivity index (χ0v) is 13.0. The molecule has 6 nitrogen and oxygen atoms in total. The molecule has 1 aromatic carbocycles. The molecular weight excluding hydrogens is 284 g/mol. The SMILES string of the molecule is CC(C)(C)OC(=O)n1ccc2c(NCC(O)CO)cccc21. The van der Waals surface area contributed by atoms with Crippen LogP contribution in [-0.2, 0) is 4.74 Å². The van der Waals surface area contributed by atoms with Gasteiger partial charge in [0, 0.05) is 23.8 Å². The number of ether oxygens (including phenoxy) is 1. The van der Waals surface area contributed by atoms with Gasteiger partial charge in [0.15, 0.2) is 0 Å². The Hall–Kier alpha value is -2.05. The third-order valence-electron chi connectivity index (χ3n) is 3.06. The van der Waals surface area contributed by atoms with E-state index >= 15 is 0 Å². The topological polar surface area (TPSA) is 83.7 Å². The van der Waals surface area contributed by atoms with E-state index in [1.807, 2.05) is 45.0 Å². The van der Waals surface area contributed by atoms with Crippen molar-refractivity contribution in [2.24, 2.45) is 0 Å². The maximum Gasteiger partial charge on any atom is 0.418 e. The molecule has 0 fully saturated rings. The summed E-state index contributed by atoms with van der Waals surface area (Å²) in [5, 5.41) is 22.2. The average molecular weight is 306 g/mol. The van der Waals surface area contributed by atoms with Crippen molar-refractivity contribution in [3.05, 3.63) is 30.5 Å². The number of rotatable bonds is 4. The highest BCUT2D eigenvalue weighted by molar-refractivity contribution is 5.97. The van der Waals surface area contributed by atoms with Gasteiger partial charge >= 0.3 is 6.09 Å². The molecule has 1 aromatic heterocycles. The zero-order chi connectivity index (χ0) is 16.3. The van der Waals surface area contributed by atoms with Crippen molar-refractivity contribution < 1.29 is 19.7 Å². The van der Waals surface area contributed by atoms with Crippen molar-refractivity contribution in [1.29, 1.82) is 0 Å². The number of hydrogen-bond donors (Lipinski definition) is 3. The third-order valence-corrected chi connectivity index (χ3v) is 3.06. The fourth-order valence-corrected chi connectivity index (χ4v) is 2.08. The molecule has 0 aliphatic heterocycles. The van der Waals surface area contributed by atoms with Crippen molar-refractivity contribution in [3.8, 4) is 0 Å². The summed E-state index contributed by atoms with van der Waals surface area (Å²) in [6, 6.07) is 7.31. The fourth-order valence-electron chi connectivity index (χ4n) is 2.08. The van der Waals surface area contributed by atoms with E-state index in [9.17, 15) is 9.90 Å². The normalized spacial score (nSPS) is 13.1. The van der Waals surface area contributed by atoms with Crippen LogP contribution in [-0.4, -0.2) is 45.7 Å². The number of hydrogen-bond acceptors (Lipinski definition) is 5. The Morgan fingerprint density at radius 3 is 2.73 bits per heavy atom. The molecule has 0 bridgehead atoms. The van der Waals surface area contributed by atoms with Crippen LogP contribution in [0.25, 0.3) is 10.9 Å². The highest BCUT2D eigenvalue weighted by Crippen LogP contribution is 2.25. The average Bonchev–Trinajstić information content (AvgIpc) is 2.87. The summed E-state index contributed by atoms with van der Waals surface area (Å²) in [5.74, 6) is 0. The molecule has 0 amide bonds. The lowest BCUT2D eigenvalue weighted by Gasteiger charge is -2.19. The molecule has 1 atom stereocenters. The molecule has 3 N–H and O–H groups in total. The summed E-state index contributed by atoms with van der Waals surface area (Å²) in [4.78, 5) is 12.2. The fraction of sp³-hybridized carbons (Fsp3) is 0.438. The monoisotopic (exact) mass is 306 g/mol. The number of fused-ring (bicyclic) bond motifs is 1. The number of carbonyl (C=O) groups is 1. The molecule has 0 radical (unpaired) electrons. The molecular formula is C16H22N2O4. The summed E-state index contributed by atoms with van der Waals surface area (Å²) in [6.45, 7) is 5.38. The standard InChI is InChI=1S/C16H22N2O4/c1-16(2,3)22-15(21)18-8-7-12-13(5-4-6-14(12)18)17-9-11(20)10-19/h4-8,11,17,19-20H,9-10H2,1-3H3. The maximum atomic E-state index is 12.2. The van der Waals surface area contributed by atoms with Gasteiger partial charge in [0.25, 0.3) is 0 Å². The van der Waals surface area contributed by atoms with Crippen LogP contribution < -0.4 is 5.32 Å².